The molecule has 1 aromatic heterocycles. The van der Waals surface area contributed by atoms with E-state index in [2.05, 4.69) is 10.3 Å². The number of aromatic nitrogens is 2. The van der Waals surface area contributed by atoms with Gasteiger partial charge in [-0.2, -0.15) is 0 Å². The third-order valence-electron chi connectivity index (χ3n) is 3.36. The highest BCUT2D eigenvalue weighted by Gasteiger charge is 2.25. The third-order valence-corrected chi connectivity index (χ3v) is 3.36. The Morgan fingerprint density at radius 1 is 1.43 bits per heavy atom. The molecule has 112 valence electrons. The van der Waals surface area contributed by atoms with Gasteiger partial charge >= 0.3 is 5.82 Å². The van der Waals surface area contributed by atoms with Crippen molar-refractivity contribution < 1.29 is 10.0 Å². The van der Waals surface area contributed by atoms with Crippen molar-refractivity contribution in [1.82, 2.24) is 9.55 Å². The molecule has 0 bridgehead atoms. The van der Waals surface area contributed by atoms with Crippen molar-refractivity contribution in [2.24, 2.45) is 7.05 Å². The van der Waals surface area contributed by atoms with Crippen molar-refractivity contribution in [3.05, 3.63) is 51.8 Å². The molecule has 1 unspecified atom stereocenters. The predicted octanol–water partition coefficient (Wildman–Crippen LogP) is 1.65. The first-order valence-corrected chi connectivity index (χ1v) is 6.62. The summed E-state index contributed by atoms with van der Waals surface area (Å²) in [5.41, 5.74) is 1.05. The van der Waals surface area contributed by atoms with Crippen molar-refractivity contribution in [3.8, 4) is 0 Å². The molecule has 0 amide bonds. The van der Waals surface area contributed by atoms with Gasteiger partial charge in [0, 0.05) is 14.0 Å². The molecule has 21 heavy (non-hydrogen) atoms. The molecule has 7 heteroatoms. The topological polar surface area (TPSA) is 93.2 Å². The summed E-state index contributed by atoms with van der Waals surface area (Å²) >= 11 is 0. The van der Waals surface area contributed by atoms with Gasteiger partial charge < -0.3 is 20.5 Å². The van der Waals surface area contributed by atoms with Crippen LogP contribution in [0, 0.1) is 17.0 Å². The van der Waals surface area contributed by atoms with Crippen LogP contribution in [0.3, 0.4) is 0 Å². The van der Waals surface area contributed by atoms with E-state index in [4.69, 9.17) is 0 Å². The van der Waals surface area contributed by atoms with Gasteiger partial charge in [-0.25, -0.2) is 0 Å². The van der Waals surface area contributed by atoms with Gasteiger partial charge in [-0.1, -0.05) is 30.3 Å². The fourth-order valence-electron chi connectivity index (χ4n) is 2.13. The molecule has 0 saturated heterocycles. The lowest BCUT2D eigenvalue weighted by Crippen LogP contribution is -2.27. The van der Waals surface area contributed by atoms with Crippen LogP contribution in [0.4, 0.5) is 11.6 Å². The van der Waals surface area contributed by atoms with E-state index < -0.39 is 4.92 Å². The standard InChI is InChI=1S/C14H18N4O3/c1-10-15-14(18(20)21)13(17(10)2)16-12(9-19)8-11-6-4-3-5-7-11/h3-7,12,16,19H,8-9H2,1-2H3. The number of nitro groups is 1. The van der Waals surface area contributed by atoms with Gasteiger partial charge in [-0.05, 0) is 21.9 Å². The Hall–Kier alpha value is -2.41. The second-order valence-electron chi connectivity index (χ2n) is 4.86. The molecular formula is C14H18N4O3. The second kappa shape index (κ2) is 6.36. The van der Waals surface area contributed by atoms with Gasteiger partial charge in [0.1, 0.15) is 0 Å². The number of aliphatic hydroxyl groups is 1. The van der Waals surface area contributed by atoms with E-state index in [1.165, 1.54) is 0 Å². The predicted molar refractivity (Wildman–Crippen MR) is 79.2 cm³/mol. The Morgan fingerprint density at radius 2 is 2.10 bits per heavy atom. The summed E-state index contributed by atoms with van der Waals surface area (Å²) in [6.45, 7) is 1.57. The molecule has 2 aromatic rings. The van der Waals surface area contributed by atoms with Crippen molar-refractivity contribution >= 4 is 11.6 Å². The minimum absolute atomic E-state index is 0.129. The Labute approximate surface area is 122 Å². The molecule has 1 aromatic carbocycles. The van der Waals surface area contributed by atoms with E-state index in [-0.39, 0.29) is 18.5 Å². The van der Waals surface area contributed by atoms with E-state index >= 15 is 0 Å². The number of imidazole rings is 1. The zero-order chi connectivity index (χ0) is 15.4. The Bertz CT molecular complexity index is 625. The van der Waals surface area contributed by atoms with Gasteiger partial charge in [-0.3, -0.25) is 4.57 Å². The van der Waals surface area contributed by atoms with E-state index in [1.54, 1.807) is 18.5 Å². The quantitative estimate of drug-likeness (QED) is 0.623. The molecule has 0 aliphatic rings. The average molecular weight is 290 g/mol. The summed E-state index contributed by atoms with van der Waals surface area (Å²) in [5.74, 6) is 0.634. The summed E-state index contributed by atoms with van der Waals surface area (Å²) in [4.78, 5) is 14.4. The molecule has 2 rings (SSSR count). The van der Waals surface area contributed by atoms with Crippen LogP contribution in [0.2, 0.25) is 0 Å². The lowest BCUT2D eigenvalue weighted by Gasteiger charge is -2.17. The number of hydrogen-bond acceptors (Lipinski definition) is 5. The van der Waals surface area contributed by atoms with Gasteiger partial charge in [0.15, 0.2) is 0 Å². The molecular weight excluding hydrogens is 272 g/mol. The van der Waals surface area contributed by atoms with Gasteiger partial charge in [0.05, 0.1) is 12.6 Å². The lowest BCUT2D eigenvalue weighted by atomic mass is 10.1. The largest absolute Gasteiger partial charge is 0.406 e. The molecule has 2 N–H and O–H groups in total. The monoisotopic (exact) mass is 290 g/mol. The minimum Gasteiger partial charge on any atom is -0.394 e. The summed E-state index contributed by atoms with van der Waals surface area (Å²) in [6, 6.07) is 9.34. The first-order valence-electron chi connectivity index (χ1n) is 6.62. The maximum atomic E-state index is 11.0. The van der Waals surface area contributed by atoms with Crippen LogP contribution in [0.5, 0.6) is 0 Å². The molecule has 7 nitrogen and oxygen atoms in total. The third kappa shape index (κ3) is 3.38. The van der Waals surface area contributed by atoms with Gasteiger partial charge in [0.25, 0.3) is 0 Å². The molecule has 0 fully saturated rings. The van der Waals surface area contributed by atoms with E-state index in [1.807, 2.05) is 30.3 Å². The first kappa shape index (κ1) is 15.0. The van der Waals surface area contributed by atoms with Crippen LogP contribution in [0.25, 0.3) is 0 Å². The maximum Gasteiger partial charge on any atom is 0.406 e. The highest BCUT2D eigenvalue weighted by atomic mass is 16.6. The lowest BCUT2D eigenvalue weighted by molar-refractivity contribution is -0.388. The average Bonchev–Trinajstić information content (AvgIpc) is 2.76. The zero-order valence-corrected chi connectivity index (χ0v) is 12.0. The van der Waals surface area contributed by atoms with Crippen LogP contribution in [-0.2, 0) is 13.5 Å². The van der Waals surface area contributed by atoms with Crippen LogP contribution < -0.4 is 5.32 Å². The number of aryl methyl sites for hydroxylation is 1. The number of rotatable bonds is 6. The Balaban J connectivity index is 2.21. The minimum atomic E-state index is -0.522. The normalized spacial score (nSPS) is 12.1. The van der Waals surface area contributed by atoms with Crippen LogP contribution >= 0.6 is 0 Å². The van der Waals surface area contributed by atoms with Gasteiger partial charge in [-0.15, -0.1) is 0 Å². The fourth-order valence-corrected chi connectivity index (χ4v) is 2.13. The smallest absolute Gasteiger partial charge is 0.394 e. The van der Waals surface area contributed by atoms with E-state index in [0.29, 0.717) is 18.1 Å². The highest BCUT2D eigenvalue weighted by Crippen LogP contribution is 2.25. The Morgan fingerprint density at radius 3 is 2.67 bits per heavy atom. The van der Waals surface area contributed by atoms with E-state index in [9.17, 15) is 15.2 Å². The van der Waals surface area contributed by atoms with Crippen molar-refractivity contribution in [3.63, 3.8) is 0 Å². The molecule has 1 heterocycles. The molecule has 0 saturated carbocycles. The second-order valence-corrected chi connectivity index (χ2v) is 4.86. The maximum absolute atomic E-state index is 11.0. The number of hydrogen-bond donors (Lipinski definition) is 2. The number of aliphatic hydroxyl groups excluding tert-OH is 1. The molecule has 0 spiro atoms. The molecule has 1 atom stereocenters. The molecule has 0 aliphatic carbocycles. The van der Waals surface area contributed by atoms with Crippen LogP contribution in [0.1, 0.15) is 11.4 Å². The number of anilines is 1. The fraction of sp³-hybridized carbons (Fsp3) is 0.357. The van der Waals surface area contributed by atoms with Crippen LogP contribution in [0.15, 0.2) is 30.3 Å². The zero-order valence-electron chi connectivity index (χ0n) is 12.0. The SMILES string of the molecule is Cc1nc([N+](=O)[O-])c(NC(CO)Cc2ccccc2)n1C. The van der Waals surface area contributed by atoms with Crippen LogP contribution in [-0.4, -0.2) is 32.2 Å². The molecule has 0 radical (unpaired) electrons. The first-order chi connectivity index (χ1) is 10.0. The summed E-state index contributed by atoms with van der Waals surface area (Å²) in [7, 11) is 1.70. The van der Waals surface area contributed by atoms with E-state index in [0.717, 1.165) is 5.56 Å². The van der Waals surface area contributed by atoms with Gasteiger partial charge in [0.2, 0.25) is 11.6 Å². The highest BCUT2D eigenvalue weighted by molar-refractivity contribution is 5.54. The number of benzene rings is 1. The van der Waals surface area contributed by atoms with Crippen molar-refractivity contribution in [2.45, 2.75) is 19.4 Å². The number of nitrogens with one attached hydrogen (secondary N) is 1. The Kier molecular flexibility index (Phi) is 4.54. The number of nitrogens with zero attached hydrogens (tertiary/aromatic N) is 3. The van der Waals surface area contributed by atoms with Crippen molar-refractivity contribution in [1.29, 1.82) is 0 Å². The summed E-state index contributed by atoms with van der Waals surface area (Å²) in [6.07, 6.45) is 0.568. The molecule has 0 aliphatic heterocycles. The van der Waals surface area contributed by atoms with Crippen molar-refractivity contribution in [2.75, 3.05) is 11.9 Å². The summed E-state index contributed by atoms with van der Waals surface area (Å²) < 4.78 is 1.62. The summed E-state index contributed by atoms with van der Waals surface area (Å²) in [5, 5.41) is 23.6.